The van der Waals surface area contributed by atoms with Crippen molar-refractivity contribution >= 4 is 22.4 Å². The summed E-state index contributed by atoms with van der Waals surface area (Å²) in [5.74, 6) is 0.538. The average Bonchev–Trinajstić information content (AvgIpc) is 3.17. The maximum atomic E-state index is 12.2. The molecule has 1 N–H and O–H groups in total. The molecule has 0 bridgehead atoms. The number of nitrogens with one attached hydrogen (secondary N) is 1. The summed E-state index contributed by atoms with van der Waals surface area (Å²) < 4.78 is 5.67. The second-order valence-corrected chi connectivity index (χ2v) is 8.12. The van der Waals surface area contributed by atoms with Crippen molar-refractivity contribution in [1.82, 2.24) is 4.98 Å². The molecule has 144 valence electrons. The van der Waals surface area contributed by atoms with Crippen molar-refractivity contribution in [2.75, 3.05) is 11.9 Å². The molecule has 4 rings (SSSR count). The van der Waals surface area contributed by atoms with Crippen molar-refractivity contribution in [3.05, 3.63) is 64.0 Å². The maximum absolute atomic E-state index is 12.2. The Morgan fingerprint density at radius 2 is 1.96 bits per heavy atom. The number of fused-ring (bicyclic) bond motifs is 1. The zero-order chi connectivity index (χ0) is 19.5. The van der Waals surface area contributed by atoms with Crippen LogP contribution in [0.5, 0.6) is 5.75 Å². The third kappa shape index (κ3) is 4.09. The van der Waals surface area contributed by atoms with Crippen LogP contribution in [0.1, 0.15) is 35.1 Å². The second kappa shape index (κ2) is 8.15. The van der Waals surface area contributed by atoms with Gasteiger partial charge in [0.2, 0.25) is 0 Å². The number of amides is 1. The van der Waals surface area contributed by atoms with Crippen LogP contribution in [0, 0.1) is 13.8 Å². The van der Waals surface area contributed by atoms with Gasteiger partial charge in [-0.1, -0.05) is 24.3 Å². The minimum absolute atomic E-state index is 0.0297. The van der Waals surface area contributed by atoms with E-state index in [1.54, 1.807) is 0 Å². The molecule has 3 aromatic rings. The van der Waals surface area contributed by atoms with E-state index >= 15 is 0 Å². The third-order valence-electron chi connectivity index (χ3n) is 5.31. The van der Waals surface area contributed by atoms with Crippen LogP contribution in [0.2, 0.25) is 0 Å². The summed E-state index contributed by atoms with van der Waals surface area (Å²) in [4.78, 5) is 16.8. The number of hydrogen-bond donors (Lipinski definition) is 1. The highest BCUT2D eigenvalue weighted by Gasteiger charge is 2.13. The first kappa shape index (κ1) is 18.7. The number of ether oxygens (including phenoxy) is 1. The van der Waals surface area contributed by atoms with Crippen molar-refractivity contribution in [3.63, 3.8) is 0 Å². The van der Waals surface area contributed by atoms with Gasteiger partial charge in [0.05, 0.1) is 5.69 Å². The Hall–Kier alpha value is -2.66. The number of benzene rings is 2. The Bertz CT molecular complexity index is 1010. The molecule has 1 amide bonds. The van der Waals surface area contributed by atoms with Crippen molar-refractivity contribution in [2.24, 2.45) is 0 Å². The number of aryl methyl sites for hydroxylation is 3. The fraction of sp³-hybridized carbons (Fsp3) is 0.304. The fourth-order valence-corrected chi connectivity index (χ4v) is 4.27. The Balaban J connectivity index is 1.39. The highest BCUT2D eigenvalue weighted by atomic mass is 32.1. The lowest BCUT2D eigenvalue weighted by molar-refractivity contribution is -0.118. The van der Waals surface area contributed by atoms with Crippen molar-refractivity contribution in [1.29, 1.82) is 0 Å². The van der Waals surface area contributed by atoms with Gasteiger partial charge in [0.15, 0.2) is 11.7 Å². The van der Waals surface area contributed by atoms with E-state index in [9.17, 15) is 4.79 Å². The summed E-state index contributed by atoms with van der Waals surface area (Å²) in [6, 6.07) is 12.4. The summed E-state index contributed by atoms with van der Waals surface area (Å²) >= 11 is 1.44. The van der Waals surface area contributed by atoms with Crippen LogP contribution in [0.4, 0.5) is 5.13 Å². The molecular formula is C23H24N2O2S. The number of anilines is 1. The second-order valence-electron chi connectivity index (χ2n) is 7.26. The Kier molecular flexibility index (Phi) is 5.44. The fourth-order valence-electron chi connectivity index (χ4n) is 3.54. The number of aromatic nitrogens is 1. The lowest BCUT2D eigenvalue weighted by Crippen LogP contribution is -2.20. The van der Waals surface area contributed by atoms with Gasteiger partial charge in [0, 0.05) is 10.9 Å². The molecule has 5 heteroatoms. The monoisotopic (exact) mass is 392 g/mol. The van der Waals surface area contributed by atoms with Crippen LogP contribution in [0.15, 0.2) is 41.8 Å². The Labute approximate surface area is 169 Å². The van der Waals surface area contributed by atoms with Crippen LogP contribution >= 0.6 is 11.3 Å². The highest BCUT2D eigenvalue weighted by molar-refractivity contribution is 7.14. The average molecular weight is 393 g/mol. The number of rotatable bonds is 5. The van der Waals surface area contributed by atoms with E-state index in [1.807, 2.05) is 37.4 Å². The largest absolute Gasteiger partial charge is 0.483 e. The smallest absolute Gasteiger partial charge is 0.264 e. The van der Waals surface area contributed by atoms with Gasteiger partial charge < -0.3 is 4.74 Å². The van der Waals surface area contributed by atoms with Crippen LogP contribution in [-0.4, -0.2) is 17.5 Å². The number of hydrogen-bond acceptors (Lipinski definition) is 4. The number of carbonyl (C=O) groups excluding carboxylic acids is 1. The summed E-state index contributed by atoms with van der Waals surface area (Å²) in [6.45, 7) is 3.99. The standard InChI is InChI=1S/C23H24N2O2S/c1-15-6-5-9-21(16(15)2)27-13-22(26)25-23-24-20(14-28-23)19-11-10-17-7-3-4-8-18(17)12-19/h5-6,9-12,14H,3-4,7-8,13H2,1-2H3,(H,24,25,26). The van der Waals surface area contributed by atoms with E-state index in [1.165, 1.54) is 41.7 Å². The molecule has 0 fully saturated rings. The topological polar surface area (TPSA) is 51.2 Å². The summed E-state index contributed by atoms with van der Waals surface area (Å²) in [7, 11) is 0. The normalized spacial score (nSPS) is 13.1. The van der Waals surface area contributed by atoms with Crippen LogP contribution in [-0.2, 0) is 17.6 Å². The van der Waals surface area contributed by atoms with Crippen LogP contribution in [0.3, 0.4) is 0 Å². The molecule has 1 heterocycles. The molecule has 0 saturated heterocycles. The van der Waals surface area contributed by atoms with Crippen LogP contribution < -0.4 is 10.1 Å². The molecule has 4 nitrogen and oxygen atoms in total. The molecule has 1 aliphatic carbocycles. The molecule has 0 spiro atoms. The quantitative estimate of drug-likeness (QED) is 0.639. The van der Waals surface area contributed by atoms with Crippen molar-refractivity contribution < 1.29 is 9.53 Å². The van der Waals surface area contributed by atoms with Crippen molar-refractivity contribution in [3.8, 4) is 17.0 Å². The maximum Gasteiger partial charge on any atom is 0.264 e. The molecule has 0 aliphatic heterocycles. The Morgan fingerprint density at radius 1 is 1.14 bits per heavy atom. The van der Waals surface area contributed by atoms with Gasteiger partial charge >= 0.3 is 0 Å². The molecule has 0 atom stereocenters. The van der Waals surface area contributed by atoms with Gasteiger partial charge in [-0.2, -0.15) is 0 Å². The predicted octanol–water partition coefficient (Wildman–Crippen LogP) is 5.32. The molecular weight excluding hydrogens is 368 g/mol. The lowest BCUT2D eigenvalue weighted by atomic mass is 9.90. The first-order chi connectivity index (χ1) is 13.6. The van der Waals surface area contributed by atoms with E-state index in [0.717, 1.165) is 34.6 Å². The molecule has 0 saturated carbocycles. The molecule has 28 heavy (non-hydrogen) atoms. The van der Waals surface area contributed by atoms with E-state index in [2.05, 4.69) is 28.5 Å². The molecule has 1 aliphatic rings. The van der Waals surface area contributed by atoms with E-state index < -0.39 is 0 Å². The van der Waals surface area contributed by atoms with Gasteiger partial charge in [0.1, 0.15) is 5.75 Å². The van der Waals surface area contributed by atoms with E-state index in [0.29, 0.717) is 5.13 Å². The molecule has 0 radical (unpaired) electrons. The predicted molar refractivity (Wildman–Crippen MR) is 114 cm³/mol. The van der Waals surface area contributed by atoms with Crippen molar-refractivity contribution in [2.45, 2.75) is 39.5 Å². The van der Waals surface area contributed by atoms with Crippen LogP contribution in [0.25, 0.3) is 11.3 Å². The van der Waals surface area contributed by atoms with Gasteiger partial charge in [-0.15, -0.1) is 11.3 Å². The molecule has 0 unspecified atom stereocenters. The van der Waals surface area contributed by atoms with Gasteiger partial charge in [-0.05, 0) is 73.9 Å². The van der Waals surface area contributed by atoms with Gasteiger partial charge in [-0.3, -0.25) is 10.1 Å². The SMILES string of the molecule is Cc1cccc(OCC(=O)Nc2nc(-c3ccc4c(c3)CCCC4)cs2)c1C. The Morgan fingerprint density at radius 3 is 2.82 bits per heavy atom. The lowest BCUT2D eigenvalue weighted by Gasteiger charge is -2.16. The number of nitrogens with zero attached hydrogens (tertiary/aromatic N) is 1. The molecule has 1 aromatic heterocycles. The summed E-state index contributed by atoms with van der Waals surface area (Å²) in [5, 5.41) is 5.43. The minimum Gasteiger partial charge on any atom is -0.483 e. The third-order valence-corrected chi connectivity index (χ3v) is 6.07. The molecule has 2 aromatic carbocycles. The summed E-state index contributed by atoms with van der Waals surface area (Å²) in [5.41, 5.74) is 7.12. The van der Waals surface area contributed by atoms with Gasteiger partial charge in [-0.25, -0.2) is 4.98 Å². The number of thiazole rings is 1. The van der Waals surface area contributed by atoms with Gasteiger partial charge in [0.25, 0.3) is 5.91 Å². The summed E-state index contributed by atoms with van der Waals surface area (Å²) in [6.07, 6.45) is 4.86. The first-order valence-corrected chi connectivity index (χ1v) is 10.5. The zero-order valence-corrected chi connectivity index (χ0v) is 17.1. The van der Waals surface area contributed by atoms with E-state index in [-0.39, 0.29) is 12.5 Å². The number of carbonyl (C=O) groups is 1. The zero-order valence-electron chi connectivity index (χ0n) is 16.2. The highest BCUT2D eigenvalue weighted by Crippen LogP contribution is 2.29. The van der Waals surface area contributed by atoms with E-state index in [4.69, 9.17) is 4.74 Å². The first-order valence-electron chi connectivity index (χ1n) is 9.67. The minimum atomic E-state index is -0.202.